The summed E-state index contributed by atoms with van der Waals surface area (Å²) < 4.78 is 25.6. The highest BCUT2D eigenvalue weighted by atomic mass is 32.2. The number of sulfone groups is 1. The van der Waals surface area contributed by atoms with Crippen LogP contribution < -0.4 is 10.2 Å². The highest BCUT2D eigenvalue weighted by Gasteiger charge is 2.30. The van der Waals surface area contributed by atoms with Gasteiger partial charge in [-0.15, -0.1) is 0 Å². The zero-order valence-electron chi connectivity index (χ0n) is 20.1. The lowest BCUT2D eigenvalue weighted by atomic mass is 9.99. The van der Waals surface area contributed by atoms with Crippen molar-refractivity contribution in [2.75, 3.05) is 29.6 Å². The first kappa shape index (κ1) is 24.3. The van der Waals surface area contributed by atoms with Crippen LogP contribution in [0.1, 0.15) is 73.5 Å². The van der Waals surface area contributed by atoms with Gasteiger partial charge in [0.05, 0.1) is 16.7 Å². The van der Waals surface area contributed by atoms with Crippen molar-refractivity contribution in [1.29, 1.82) is 0 Å². The number of anilines is 2. The van der Waals surface area contributed by atoms with Crippen LogP contribution in [-0.4, -0.2) is 44.6 Å². The van der Waals surface area contributed by atoms with Gasteiger partial charge in [0.25, 0.3) is 5.91 Å². The first-order chi connectivity index (χ1) is 16.2. The van der Waals surface area contributed by atoms with E-state index in [1.54, 1.807) is 47.2 Å². The van der Waals surface area contributed by atoms with Crippen molar-refractivity contribution in [2.24, 2.45) is 0 Å². The number of nitrogens with zero attached hydrogens (tertiary/aromatic N) is 2. The Bertz CT molecular complexity index is 1210. The van der Waals surface area contributed by atoms with Crippen molar-refractivity contribution in [3.63, 3.8) is 0 Å². The molecule has 3 amide bonds. The third-order valence-electron chi connectivity index (χ3n) is 6.96. The summed E-state index contributed by atoms with van der Waals surface area (Å²) in [7, 11) is -1.60. The molecule has 34 heavy (non-hydrogen) atoms. The molecule has 2 aliphatic rings. The Kier molecular flexibility index (Phi) is 6.98. The highest BCUT2D eigenvalue weighted by Crippen LogP contribution is 2.35. The second-order valence-corrected chi connectivity index (χ2v) is 11.4. The van der Waals surface area contributed by atoms with E-state index in [0.29, 0.717) is 29.8 Å². The molecule has 2 aliphatic heterocycles. The van der Waals surface area contributed by atoms with Gasteiger partial charge in [0.2, 0.25) is 0 Å². The predicted octanol–water partition coefficient (Wildman–Crippen LogP) is 5.17. The molecule has 0 bridgehead atoms. The van der Waals surface area contributed by atoms with E-state index in [1.807, 2.05) is 13.0 Å². The van der Waals surface area contributed by atoms with Crippen LogP contribution in [-0.2, 0) is 16.3 Å². The number of fused-ring (bicyclic) bond motifs is 2. The molecule has 182 valence electrons. The Hall–Kier alpha value is -2.87. The second kappa shape index (κ2) is 9.78. The molecular weight excluding hydrogens is 450 g/mol. The Morgan fingerprint density at radius 2 is 1.85 bits per heavy atom. The SMILES string of the molecule is CCCCCCCS(=O)(=O)c1ccc2c(c1)CCN2C(=O)c1ccc2c(c1)C(C)N(C)C(=O)N2. The number of nitrogens with one attached hydrogen (secondary N) is 1. The molecule has 0 aliphatic carbocycles. The fourth-order valence-corrected chi connectivity index (χ4v) is 6.11. The molecule has 1 N–H and O–H groups in total. The quantitative estimate of drug-likeness (QED) is 0.525. The number of carbonyl (C=O) groups is 2. The van der Waals surface area contributed by atoms with Gasteiger partial charge < -0.3 is 15.1 Å². The number of hydrogen-bond donors (Lipinski definition) is 1. The molecule has 0 aromatic heterocycles. The minimum Gasteiger partial charge on any atom is -0.321 e. The summed E-state index contributed by atoms with van der Waals surface area (Å²) in [5.41, 5.74) is 3.82. The molecule has 0 saturated carbocycles. The maximum Gasteiger partial charge on any atom is 0.322 e. The third-order valence-corrected chi connectivity index (χ3v) is 8.76. The van der Waals surface area contributed by atoms with E-state index < -0.39 is 9.84 Å². The van der Waals surface area contributed by atoms with Gasteiger partial charge in [-0.2, -0.15) is 0 Å². The fraction of sp³-hybridized carbons (Fsp3) is 0.462. The van der Waals surface area contributed by atoms with Crippen molar-refractivity contribution >= 4 is 33.2 Å². The number of hydrogen-bond acceptors (Lipinski definition) is 4. The predicted molar refractivity (Wildman–Crippen MR) is 134 cm³/mol. The standard InChI is InChI=1S/C26H33N3O4S/c1-4-5-6-7-8-15-34(32,33)21-10-12-24-19(16-21)13-14-29(24)25(30)20-9-11-23-22(17-20)18(2)28(3)26(31)27-23/h9-12,16-18H,4-8,13-15H2,1-3H3,(H,27,31). The van der Waals surface area contributed by atoms with Crippen LogP contribution in [0.2, 0.25) is 0 Å². The number of benzene rings is 2. The van der Waals surface area contributed by atoms with Gasteiger partial charge >= 0.3 is 6.03 Å². The first-order valence-electron chi connectivity index (χ1n) is 12.1. The molecule has 0 saturated heterocycles. The average molecular weight is 484 g/mol. The number of unbranched alkanes of at least 4 members (excludes halogenated alkanes) is 4. The van der Waals surface area contributed by atoms with E-state index in [4.69, 9.17) is 0 Å². The summed E-state index contributed by atoms with van der Waals surface area (Å²) >= 11 is 0. The topological polar surface area (TPSA) is 86.8 Å². The van der Waals surface area contributed by atoms with Gasteiger partial charge in [-0.1, -0.05) is 32.6 Å². The number of rotatable bonds is 8. The number of urea groups is 1. The molecule has 0 spiro atoms. The molecular formula is C26H33N3O4S. The van der Waals surface area contributed by atoms with Crippen molar-refractivity contribution in [2.45, 2.75) is 63.3 Å². The molecule has 0 radical (unpaired) electrons. The van der Waals surface area contributed by atoms with Crippen LogP contribution in [0.15, 0.2) is 41.3 Å². The molecule has 1 unspecified atom stereocenters. The van der Waals surface area contributed by atoms with Crippen molar-refractivity contribution in [1.82, 2.24) is 4.90 Å². The first-order valence-corrected chi connectivity index (χ1v) is 13.7. The average Bonchev–Trinajstić information content (AvgIpc) is 3.25. The molecule has 2 heterocycles. The van der Waals surface area contributed by atoms with Gasteiger partial charge in [-0.3, -0.25) is 4.79 Å². The lowest BCUT2D eigenvalue weighted by molar-refractivity contribution is 0.0989. The second-order valence-electron chi connectivity index (χ2n) is 9.25. The number of carbonyl (C=O) groups excluding carboxylic acids is 2. The zero-order chi connectivity index (χ0) is 24.5. The van der Waals surface area contributed by atoms with Gasteiger partial charge in [-0.25, -0.2) is 13.2 Å². The van der Waals surface area contributed by atoms with Crippen molar-refractivity contribution < 1.29 is 18.0 Å². The zero-order valence-corrected chi connectivity index (χ0v) is 21.0. The van der Waals surface area contributed by atoms with Crippen LogP contribution in [0.25, 0.3) is 0 Å². The maximum absolute atomic E-state index is 13.4. The van der Waals surface area contributed by atoms with Crippen LogP contribution in [0.3, 0.4) is 0 Å². The fourth-order valence-electron chi connectivity index (χ4n) is 4.69. The Labute approximate surface area is 202 Å². The highest BCUT2D eigenvalue weighted by molar-refractivity contribution is 7.91. The van der Waals surface area contributed by atoms with E-state index in [-0.39, 0.29) is 23.7 Å². The normalized spacial score (nSPS) is 17.4. The van der Waals surface area contributed by atoms with E-state index in [9.17, 15) is 18.0 Å². The van der Waals surface area contributed by atoms with Crippen molar-refractivity contribution in [3.05, 3.63) is 53.1 Å². The molecule has 2 aromatic rings. The molecule has 1 atom stereocenters. The number of amides is 3. The van der Waals surface area contributed by atoms with Gasteiger partial charge in [0, 0.05) is 30.5 Å². The van der Waals surface area contributed by atoms with Crippen LogP contribution in [0, 0.1) is 0 Å². The molecule has 2 aromatic carbocycles. The van der Waals surface area contributed by atoms with Crippen LogP contribution in [0.5, 0.6) is 0 Å². The lowest BCUT2D eigenvalue weighted by Crippen LogP contribution is -2.38. The maximum atomic E-state index is 13.4. The summed E-state index contributed by atoms with van der Waals surface area (Å²) in [6, 6.07) is 10.2. The van der Waals surface area contributed by atoms with E-state index in [0.717, 1.165) is 48.2 Å². The largest absolute Gasteiger partial charge is 0.322 e. The summed E-state index contributed by atoms with van der Waals surface area (Å²) in [4.78, 5) is 29.1. The Morgan fingerprint density at radius 1 is 1.09 bits per heavy atom. The van der Waals surface area contributed by atoms with Gasteiger partial charge in [0.15, 0.2) is 9.84 Å². The van der Waals surface area contributed by atoms with Gasteiger partial charge in [-0.05, 0) is 67.3 Å². The van der Waals surface area contributed by atoms with E-state index in [1.165, 1.54) is 0 Å². The van der Waals surface area contributed by atoms with Crippen LogP contribution in [0.4, 0.5) is 16.2 Å². The summed E-state index contributed by atoms with van der Waals surface area (Å²) in [5.74, 6) is 0.0380. The van der Waals surface area contributed by atoms with Crippen LogP contribution >= 0.6 is 0 Å². The summed E-state index contributed by atoms with van der Waals surface area (Å²) in [6.45, 7) is 4.58. The minimum absolute atomic E-state index is 0.125. The van der Waals surface area contributed by atoms with Crippen molar-refractivity contribution in [3.8, 4) is 0 Å². The smallest absolute Gasteiger partial charge is 0.321 e. The van der Waals surface area contributed by atoms with Gasteiger partial charge in [0.1, 0.15) is 0 Å². The van der Waals surface area contributed by atoms with E-state index in [2.05, 4.69) is 12.2 Å². The third kappa shape index (κ3) is 4.69. The molecule has 4 rings (SSSR count). The monoisotopic (exact) mass is 483 g/mol. The summed E-state index contributed by atoms with van der Waals surface area (Å²) in [6.07, 6.45) is 5.57. The van der Waals surface area contributed by atoms with E-state index >= 15 is 0 Å². The molecule has 8 heteroatoms. The lowest BCUT2D eigenvalue weighted by Gasteiger charge is -2.32. The Morgan fingerprint density at radius 3 is 2.62 bits per heavy atom. The molecule has 0 fully saturated rings. The Balaban J connectivity index is 1.51. The minimum atomic E-state index is -3.33. The molecule has 7 nitrogen and oxygen atoms in total. The summed E-state index contributed by atoms with van der Waals surface area (Å²) in [5, 5.41) is 2.84.